The number of aliphatic hydroxyl groups is 1. The molecule has 73 heavy (non-hydrogen) atoms. The normalized spacial score (nSPS) is 14.4. The number of aliphatic carboxylic acids is 3. The maximum Gasteiger partial charge on any atom is 0.326 e. The van der Waals surface area contributed by atoms with E-state index < -0.39 is 140 Å². The topological polar surface area (TPSA) is 432 Å². The van der Waals surface area contributed by atoms with Gasteiger partial charge in [0.1, 0.15) is 42.3 Å². The molecule has 26 nitrogen and oxygen atoms in total. The van der Waals surface area contributed by atoms with Crippen molar-refractivity contribution in [2.45, 2.75) is 113 Å². The van der Waals surface area contributed by atoms with Crippen LogP contribution in [0.4, 0.5) is 0 Å². The van der Waals surface area contributed by atoms with Crippen LogP contribution in [-0.4, -0.2) is 156 Å². The Morgan fingerprint density at radius 3 is 1.71 bits per heavy atom. The summed E-state index contributed by atoms with van der Waals surface area (Å²) in [5.41, 5.74) is 13.3. The van der Waals surface area contributed by atoms with Crippen molar-refractivity contribution in [3.8, 4) is 0 Å². The summed E-state index contributed by atoms with van der Waals surface area (Å²) in [6, 6.07) is 3.00. The van der Waals surface area contributed by atoms with Gasteiger partial charge in [-0.3, -0.25) is 43.2 Å². The highest BCUT2D eigenvalue weighted by molar-refractivity contribution is 5.99. The van der Waals surface area contributed by atoms with Crippen LogP contribution in [0.15, 0.2) is 73.3 Å². The molecule has 7 amide bonds. The molecule has 0 bridgehead atoms. The Kier molecular flexibility index (Phi) is 22.4. The van der Waals surface area contributed by atoms with Crippen LogP contribution in [0.1, 0.15) is 62.3 Å². The lowest BCUT2D eigenvalue weighted by atomic mass is 10.0. The van der Waals surface area contributed by atoms with E-state index in [4.69, 9.17) is 11.5 Å². The Balaban J connectivity index is 1.57. The molecule has 0 radical (unpaired) electrons. The van der Waals surface area contributed by atoms with Gasteiger partial charge in [-0.2, -0.15) is 0 Å². The SMILES string of the molecule is CC(N)C(=O)NC(Cc1ccccc1)C(=O)NC(CCC(=O)O)C(=O)NC(CC(=O)O)C(=O)NC(Cc1cnc[nH]1)C(=O)NC(CO)C(=O)NC(Cc1c[nH]c2ccccc12)C(=O)NC(CCCCN)C(=O)O. The van der Waals surface area contributed by atoms with Crippen LogP contribution >= 0.6 is 0 Å². The Morgan fingerprint density at radius 2 is 1.12 bits per heavy atom. The largest absolute Gasteiger partial charge is 0.481 e. The smallest absolute Gasteiger partial charge is 0.326 e. The average molecular weight is 1020 g/mol. The number of carbonyl (C=O) groups excluding carboxylic acids is 7. The minimum atomic E-state index is -1.99. The summed E-state index contributed by atoms with van der Waals surface area (Å²) in [7, 11) is 0. The fourth-order valence-corrected chi connectivity index (χ4v) is 7.42. The first-order valence-corrected chi connectivity index (χ1v) is 23.2. The lowest BCUT2D eigenvalue weighted by Gasteiger charge is -2.27. The Labute approximate surface area is 417 Å². The van der Waals surface area contributed by atoms with Crippen LogP contribution in [0, 0.1) is 0 Å². The molecule has 0 aliphatic heterocycles. The number of imidazole rings is 1. The van der Waals surface area contributed by atoms with E-state index in [0.717, 1.165) is 0 Å². The van der Waals surface area contributed by atoms with E-state index in [1.165, 1.54) is 19.4 Å². The molecule has 26 heteroatoms. The van der Waals surface area contributed by atoms with Gasteiger partial charge in [0.15, 0.2) is 0 Å². The molecule has 0 fully saturated rings. The Bertz CT molecular complexity index is 2540. The fourth-order valence-electron chi connectivity index (χ4n) is 7.42. The summed E-state index contributed by atoms with van der Waals surface area (Å²) in [5.74, 6) is -11.6. The fraction of sp³-hybridized carbons (Fsp3) is 0.426. The Morgan fingerprint density at radius 1 is 0.589 bits per heavy atom. The summed E-state index contributed by atoms with van der Waals surface area (Å²) in [4.78, 5) is 141. The van der Waals surface area contributed by atoms with Crippen LogP contribution in [-0.2, 0) is 67.2 Å². The zero-order valence-corrected chi connectivity index (χ0v) is 39.8. The van der Waals surface area contributed by atoms with Crippen LogP contribution in [0.25, 0.3) is 10.9 Å². The zero-order chi connectivity index (χ0) is 53.6. The van der Waals surface area contributed by atoms with Gasteiger partial charge in [0.2, 0.25) is 41.4 Å². The first-order valence-electron chi connectivity index (χ1n) is 23.2. The minimum Gasteiger partial charge on any atom is -0.481 e. The van der Waals surface area contributed by atoms with Crippen LogP contribution in [0.2, 0.25) is 0 Å². The number of benzene rings is 2. The number of aliphatic hydroxyl groups excluding tert-OH is 1. The second kappa shape index (κ2) is 28.6. The predicted octanol–water partition coefficient (Wildman–Crippen LogP) is -2.79. The van der Waals surface area contributed by atoms with Gasteiger partial charge in [0.25, 0.3) is 0 Å². The van der Waals surface area contributed by atoms with E-state index in [1.54, 1.807) is 60.8 Å². The van der Waals surface area contributed by atoms with E-state index in [1.807, 2.05) is 0 Å². The van der Waals surface area contributed by atoms with Crippen molar-refractivity contribution in [3.05, 3.63) is 90.1 Å². The number of rotatable bonds is 31. The molecule has 2 heterocycles. The number of hydrogen-bond donors (Lipinski definition) is 15. The van der Waals surface area contributed by atoms with Crippen LogP contribution in [0.3, 0.4) is 0 Å². The number of nitrogens with one attached hydrogen (secondary N) is 9. The molecule has 4 rings (SSSR count). The number of nitrogens with zero attached hydrogens (tertiary/aromatic N) is 1. The summed E-state index contributed by atoms with van der Waals surface area (Å²) in [6.45, 7) is 0.588. The minimum absolute atomic E-state index is 0.0230. The number of carboxylic acid groups (broad SMARTS) is 3. The molecule has 0 aliphatic carbocycles. The number of H-pyrrole nitrogens is 2. The van der Waals surface area contributed by atoms with Crippen molar-refractivity contribution in [2.75, 3.05) is 13.2 Å². The summed E-state index contributed by atoms with van der Waals surface area (Å²) in [5, 5.41) is 56.9. The highest BCUT2D eigenvalue weighted by atomic mass is 16.4. The molecule has 8 atom stereocenters. The first-order chi connectivity index (χ1) is 34.8. The van der Waals surface area contributed by atoms with Gasteiger partial charge in [-0.05, 0) is 56.3 Å². The molecule has 8 unspecified atom stereocenters. The molecular weight excluding hydrogens is 957 g/mol. The third-order valence-corrected chi connectivity index (χ3v) is 11.3. The number of carboxylic acids is 3. The Hall–Kier alpha value is -8.23. The highest BCUT2D eigenvalue weighted by Gasteiger charge is 2.36. The zero-order valence-electron chi connectivity index (χ0n) is 39.8. The number of para-hydroxylation sites is 1. The number of aromatic amines is 2. The molecule has 0 saturated carbocycles. The number of carbonyl (C=O) groups is 10. The van der Waals surface area contributed by atoms with Gasteiger partial charge in [0, 0.05) is 54.7 Å². The number of hydrogen-bond acceptors (Lipinski definition) is 14. The monoisotopic (exact) mass is 1020 g/mol. The molecule has 4 aromatic rings. The van der Waals surface area contributed by atoms with Crippen molar-refractivity contribution < 1.29 is 68.4 Å². The van der Waals surface area contributed by atoms with E-state index in [9.17, 15) is 68.4 Å². The second-order valence-electron chi connectivity index (χ2n) is 17.1. The van der Waals surface area contributed by atoms with Crippen molar-refractivity contribution in [1.82, 2.24) is 52.2 Å². The molecule has 2 aromatic heterocycles. The van der Waals surface area contributed by atoms with E-state index >= 15 is 0 Å². The van der Waals surface area contributed by atoms with Gasteiger partial charge >= 0.3 is 17.9 Å². The quantitative estimate of drug-likeness (QED) is 0.0227. The number of fused-ring (bicyclic) bond motifs is 1. The van der Waals surface area contributed by atoms with Crippen LogP contribution in [0.5, 0.6) is 0 Å². The van der Waals surface area contributed by atoms with Gasteiger partial charge < -0.3 is 79.1 Å². The van der Waals surface area contributed by atoms with Crippen molar-refractivity contribution >= 4 is 70.2 Å². The first kappa shape index (κ1) is 57.3. The number of aromatic nitrogens is 3. The molecule has 0 saturated heterocycles. The summed E-state index contributed by atoms with van der Waals surface area (Å²) < 4.78 is 0. The number of amides is 7. The number of nitrogens with two attached hydrogens (primary N) is 2. The van der Waals surface area contributed by atoms with E-state index in [2.05, 4.69) is 52.2 Å². The third kappa shape index (κ3) is 18.5. The van der Waals surface area contributed by atoms with Gasteiger partial charge in [-0.1, -0.05) is 48.5 Å². The van der Waals surface area contributed by atoms with Crippen LogP contribution < -0.4 is 48.7 Å². The summed E-state index contributed by atoms with van der Waals surface area (Å²) >= 11 is 0. The maximum absolute atomic E-state index is 14.1. The molecular formula is C47H62N12O14. The van der Waals surface area contributed by atoms with Gasteiger partial charge in [-0.25, -0.2) is 9.78 Å². The summed E-state index contributed by atoms with van der Waals surface area (Å²) in [6.07, 6.45) is 1.96. The van der Waals surface area contributed by atoms with Gasteiger partial charge in [0.05, 0.1) is 25.4 Å². The average Bonchev–Trinajstić information content (AvgIpc) is 4.03. The molecule has 17 N–H and O–H groups in total. The van der Waals surface area contributed by atoms with Gasteiger partial charge in [-0.15, -0.1) is 0 Å². The molecule has 0 spiro atoms. The lowest BCUT2D eigenvalue weighted by Crippen LogP contribution is -2.61. The number of unbranched alkanes of at least 4 members (excludes halogenated alkanes) is 1. The third-order valence-electron chi connectivity index (χ3n) is 11.3. The molecule has 0 aliphatic rings. The predicted molar refractivity (Wildman–Crippen MR) is 258 cm³/mol. The standard InChI is InChI=1S/C47H62N12O14/c1-25(49)40(65)55-33(17-26-9-3-2-4-10-26)42(67)53-31(14-15-38(61)62)41(66)58-36(20-39(63)64)45(70)57-35(19-28-22-50-24-52-28)44(69)59-37(23-60)46(71)56-34(18-27-21-51-30-12-6-5-11-29(27)30)43(68)54-32(47(72)73)13-7-8-16-48/h2-6,9-12,21-22,24-25,31-37,51,60H,7-8,13-20,23,48-49H2,1H3,(H,50,52)(H,53,67)(H,54,68)(H,55,65)(H,56,71)(H,57,70)(H,58,66)(H,59,69)(H,61,62)(H,63,64)(H,72,73). The maximum atomic E-state index is 14.1. The molecule has 394 valence electrons. The van der Waals surface area contributed by atoms with Crippen molar-refractivity contribution in [2.24, 2.45) is 11.5 Å². The lowest BCUT2D eigenvalue weighted by molar-refractivity contribution is -0.143. The second-order valence-corrected chi connectivity index (χ2v) is 17.1. The highest BCUT2D eigenvalue weighted by Crippen LogP contribution is 2.20. The van der Waals surface area contributed by atoms with E-state index in [-0.39, 0.29) is 31.5 Å². The van der Waals surface area contributed by atoms with Crippen molar-refractivity contribution in [1.29, 1.82) is 0 Å². The molecule has 2 aromatic carbocycles. The van der Waals surface area contributed by atoms with Crippen molar-refractivity contribution in [3.63, 3.8) is 0 Å². The van der Waals surface area contributed by atoms with E-state index in [0.29, 0.717) is 34.9 Å².